The summed E-state index contributed by atoms with van der Waals surface area (Å²) in [5.74, 6) is 1.70. The van der Waals surface area contributed by atoms with E-state index in [1.807, 2.05) is 17.7 Å². The first-order valence-electron chi connectivity index (χ1n) is 11.1. The van der Waals surface area contributed by atoms with Crippen LogP contribution in [-0.4, -0.2) is 28.0 Å². The topological polar surface area (TPSA) is 55.2 Å². The highest BCUT2D eigenvalue weighted by atomic mass is 16.2. The Hall–Kier alpha value is -2.43. The molecule has 1 aromatic heterocycles. The third-order valence-corrected chi connectivity index (χ3v) is 6.29. The van der Waals surface area contributed by atoms with Gasteiger partial charge in [0, 0.05) is 38.4 Å². The van der Waals surface area contributed by atoms with Gasteiger partial charge in [-0.2, -0.15) is 5.10 Å². The van der Waals surface area contributed by atoms with E-state index >= 15 is 0 Å². The maximum Gasteiger partial charge on any atom is 0.228 e. The molecule has 0 unspecified atom stereocenters. The summed E-state index contributed by atoms with van der Waals surface area (Å²) in [6, 6.07) is 10.5. The lowest BCUT2D eigenvalue weighted by atomic mass is 9.84. The van der Waals surface area contributed by atoms with Crippen LogP contribution < -0.4 is 4.90 Å². The van der Waals surface area contributed by atoms with Crippen molar-refractivity contribution in [1.29, 1.82) is 0 Å². The van der Waals surface area contributed by atoms with Crippen molar-refractivity contribution in [2.24, 2.45) is 0 Å². The number of aryl methyl sites for hydroxylation is 2. The molecule has 1 amide bonds. The Morgan fingerprint density at radius 1 is 1.00 bits per heavy atom. The van der Waals surface area contributed by atoms with E-state index in [9.17, 15) is 9.59 Å². The zero-order valence-electron chi connectivity index (χ0n) is 17.4. The summed E-state index contributed by atoms with van der Waals surface area (Å²) < 4.78 is 1.90. The number of ketones is 1. The van der Waals surface area contributed by atoms with Gasteiger partial charge in [-0.1, -0.05) is 43.5 Å². The Labute approximate surface area is 173 Å². The van der Waals surface area contributed by atoms with E-state index < -0.39 is 0 Å². The quantitative estimate of drug-likeness (QED) is 0.722. The molecule has 1 aliphatic heterocycles. The third kappa shape index (κ3) is 4.77. The molecular weight excluding hydrogens is 362 g/mol. The van der Waals surface area contributed by atoms with E-state index in [4.69, 9.17) is 0 Å². The lowest BCUT2D eigenvalue weighted by molar-refractivity contribution is -0.123. The molecule has 0 spiro atoms. The molecule has 4 rings (SSSR count). The van der Waals surface area contributed by atoms with Crippen molar-refractivity contribution < 1.29 is 9.59 Å². The van der Waals surface area contributed by atoms with Crippen molar-refractivity contribution in [1.82, 2.24) is 9.78 Å². The van der Waals surface area contributed by atoms with Gasteiger partial charge in [-0.3, -0.25) is 14.5 Å². The first-order chi connectivity index (χ1) is 14.1. The van der Waals surface area contributed by atoms with Crippen molar-refractivity contribution in [3.8, 4) is 0 Å². The maximum absolute atomic E-state index is 12.7. The average Bonchev–Trinajstić information content (AvgIpc) is 3.13. The van der Waals surface area contributed by atoms with Crippen LogP contribution in [0, 0.1) is 6.92 Å². The van der Waals surface area contributed by atoms with Crippen LogP contribution in [0.5, 0.6) is 0 Å². The molecule has 1 fully saturated rings. The van der Waals surface area contributed by atoms with Crippen LogP contribution in [0.15, 0.2) is 30.3 Å². The second-order valence-electron chi connectivity index (χ2n) is 8.56. The normalized spacial score (nSPS) is 17.2. The SMILES string of the molecule is Cc1cc2n(n1)CCCN2C(=O)CCC(=O)Cc1ccc(C2CCCCC2)cc1. The van der Waals surface area contributed by atoms with E-state index in [0.717, 1.165) is 30.0 Å². The molecule has 0 bridgehead atoms. The summed E-state index contributed by atoms with van der Waals surface area (Å²) in [5, 5.41) is 4.43. The van der Waals surface area contributed by atoms with Gasteiger partial charge in [-0.15, -0.1) is 0 Å². The molecule has 5 nitrogen and oxygen atoms in total. The predicted octanol–water partition coefficient (Wildman–Crippen LogP) is 4.57. The van der Waals surface area contributed by atoms with Crippen LogP contribution in [-0.2, 0) is 22.6 Å². The van der Waals surface area contributed by atoms with Gasteiger partial charge in [0.1, 0.15) is 11.6 Å². The van der Waals surface area contributed by atoms with E-state index in [0.29, 0.717) is 25.3 Å². The van der Waals surface area contributed by atoms with Crippen LogP contribution in [0.2, 0.25) is 0 Å². The molecular formula is C24H31N3O2. The van der Waals surface area contributed by atoms with Gasteiger partial charge in [0.05, 0.1) is 5.69 Å². The van der Waals surface area contributed by atoms with Crippen LogP contribution in [0.25, 0.3) is 0 Å². The number of amides is 1. The number of hydrogen-bond donors (Lipinski definition) is 0. The molecule has 2 heterocycles. The zero-order valence-corrected chi connectivity index (χ0v) is 17.4. The second-order valence-corrected chi connectivity index (χ2v) is 8.56. The van der Waals surface area contributed by atoms with Crippen LogP contribution >= 0.6 is 0 Å². The first kappa shape index (κ1) is 19.9. The number of aromatic nitrogens is 2. The summed E-state index contributed by atoms with van der Waals surface area (Å²) in [7, 11) is 0. The van der Waals surface area contributed by atoms with Crippen LogP contribution in [0.1, 0.15) is 74.1 Å². The lowest BCUT2D eigenvalue weighted by Gasteiger charge is -2.27. The second kappa shape index (κ2) is 8.93. The molecule has 0 radical (unpaired) electrons. The van der Waals surface area contributed by atoms with Gasteiger partial charge in [-0.25, -0.2) is 4.68 Å². The van der Waals surface area contributed by atoms with Crippen molar-refractivity contribution in [2.75, 3.05) is 11.4 Å². The predicted molar refractivity (Wildman–Crippen MR) is 114 cm³/mol. The van der Waals surface area contributed by atoms with Crippen molar-refractivity contribution in [3.63, 3.8) is 0 Å². The van der Waals surface area contributed by atoms with Crippen molar-refractivity contribution in [3.05, 3.63) is 47.2 Å². The van der Waals surface area contributed by atoms with Gasteiger partial charge in [-0.05, 0) is 43.2 Å². The zero-order chi connectivity index (χ0) is 20.2. The van der Waals surface area contributed by atoms with Gasteiger partial charge >= 0.3 is 0 Å². The molecule has 29 heavy (non-hydrogen) atoms. The van der Waals surface area contributed by atoms with Gasteiger partial charge in [0.25, 0.3) is 0 Å². The standard InChI is InChI=1S/C24H31N3O2/c1-18-16-23-26(14-5-15-27(23)25-18)24(29)13-12-22(28)17-19-8-10-21(11-9-19)20-6-3-2-4-7-20/h8-11,16,20H,2-7,12-15,17H2,1H3. The number of hydrogen-bond acceptors (Lipinski definition) is 3. The summed E-state index contributed by atoms with van der Waals surface area (Å²) in [4.78, 5) is 26.9. The molecule has 0 saturated heterocycles. The fourth-order valence-electron chi connectivity index (χ4n) is 4.70. The Balaban J connectivity index is 1.28. The van der Waals surface area contributed by atoms with Crippen LogP contribution in [0.4, 0.5) is 5.82 Å². The molecule has 1 saturated carbocycles. The number of nitrogens with zero attached hydrogens (tertiary/aromatic N) is 3. The van der Waals surface area contributed by atoms with E-state index in [-0.39, 0.29) is 18.1 Å². The van der Waals surface area contributed by atoms with Crippen molar-refractivity contribution >= 4 is 17.5 Å². The monoisotopic (exact) mass is 393 g/mol. The number of fused-ring (bicyclic) bond motifs is 1. The number of carbonyl (C=O) groups excluding carboxylic acids is 2. The molecule has 1 aliphatic carbocycles. The molecule has 1 aromatic carbocycles. The third-order valence-electron chi connectivity index (χ3n) is 6.29. The first-order valence-corrected chi connectivity index (χ1v) is 11.1. The number of rotatable bonds is 6. The highest BCUT2D eigenvalue weighted by Crippen LogP contribution is 2.32. The van der Waals surface area contributed by atoms with Crippen LogP contribution in [0.3, 0.4) is 0 Å². The van der Waals surface area contributed by atoms with Gasteiger partial charge < -0.3 is 0 Å². The minimum Gasteiger partial charge on any atom is -0.299 e. The highest BCUT2D eigenvalue weighted by Gasteiger charge is 2.24. The van der Waals surface area contributed by atoms with Gasteiger partial charge in [0.2, 0.25) is 5.91 Å². The summed E-state index contributed by atoms with van der Waals surface area (Å²) in [6.07, 6.45) is 8.48. The number of Topliss-reactive ketones (excluding diaryl/α,β-unsaturated/α-hetero) is 1. The minimum atomic E-state index is 0.0202. The molecule has 0 N–H and O–H groups in total. The maximum atomic E-state index is 12.7. The molecule has 5 heteroatoms. The van der Waals surface area contributed by atoms with E-state index in [1.165, 1.54) is 37.7 Å². The Kier molecular flexibility index (Phi) is 6.12. The highest BCUT2D eigenvalue weighted by molar-refractivity contribution is 5.95. The minimum absolute atomic E-state index is 0.0202. The number of benzene rings is 1. The fraction of sp³-hybridized carbons (Fsp3) is 0.542. The molecule has 154 valence electrons. The molecule has 2 aromatic rings. The van der Waals surface area contributed by atoms with E-state index in [2.05, 4.69) is 29.4 Å². The lowest BCUT2D eigenvalue weighted by Crippen LogP contribution is -2.37. The Morgan fingerprint density at radius 3 is 2.52 bits per heavy atom. The number of carbonyl (C=O) groups is 2. The average molecular weight is 394 g/mol. The molecule has 0 atom stereocenters. The molecule has 2 aliphatic rings. The number of anilines is 1. The Morgan fingerprint density at radius 2 is 1.76 bits per heavy atom. The smallest absolute Gasteiger partial charge is 0.228 e. The van der Waals surface area contributed by atoms with Crippen molar-refractivity contribution in [2.45, 2.75) is 77.2 Å². The summed E-state index contributed by atoms with van der Waals surface area (Å²) in [6.45, 7) is 3.50. The van der Waals surface area contributed by atoms with Gasteiger partial charge in [0.15, 0.2) is 0 Å². The summed E-state index contributed by atoms with van der Waals surface area (Å²) in [5.41, 5.74) is 3.38. The fourth-order valence-corrected chi connectivity index (χ4v) is 4.70. The summed E-state index contributed by atoms with van der Waals surface area (Å²) >= 11 is 0. The van der Waals surface area contributed by atoms with E-state index in [1.54, 1.807) is 4.90 Å². The Bertz CT molecular complexity index is 863. The largest absolute Gasteiger partial charge is 0.299 e.